The molecule has 0 aliphatic heterocycles. The van der Waals surface area contributed by atoms with Gasteiger partial charge in [-0.15, -0.1) is 0 Å². The highest BCUT2D eigenvalue weighted by Gasteiger charge is 2.11. The number of nitrogens with two attached hydrogens (primary N) is 1. The third-order valence-corrected chi connectivity index (χ3v) is 3.81. The second-order valence-corrected chi connectivity index (χ2v) is 5.39. The van der Waals surface area contributed by atoms with Crippen LogP contribution in [0.2, 0.25) is 0 Å². The van der Waals surface area contributed by atoms with E-state index in [-0.39, 0.29) is 6.04 Å². The number of halogens is 1. The summed E-state index contributed by atoms with van der Waals surface area (Å²) in [6.07, 6.45) is 12.0. The molecule has 1 aromatic heterocycles. The molecular formula is C14H24BrNO. The normalized spacial score (nSPS) is 12.9. The van der Waals surface area contributed by atoms with Crippen molar-refractivity contribution in [1.82, 2.24) is 0 Å². The summed E-state index contributed by atoms with van der Waals surface area (Å²) in [6, 6.07) is 2.06. The minimum Gasteiger partial charge on any atom is -0.457 e. The average Bonchev–Trinajstić information content (AvgIpc) is 2.74. The Kier molecular flexibility index (Phi) is 7.62. The van der Waals surface area contributed by atoms with Crippen LogP contribution in [0.25, 0.3) is 0 Å². The minimum absolute atomic E-state index is 0.110. The van der Waals surface area contributed by atoms with Crippen LogP contribution in [-0.4, -0.2) is 0 Å². The van der Waals surface area contributed by atoms with E-state index < -0.39 is 0 Å². The van der Waals surface area contributed by atoms with Crippen LogP contribution in [0.4, 0.5) is 0 Å². The van der Waals surface area contributed by atoms with Gasteiger partial charge in [0.2, 0.25) is 0 Å². The summed E-state index contributed by atoms with van der Waals surface area (Å²) in [6.45, 7) is 2.25. The quantitative estimate of drug-likeness (QED) is 0.638. The molecule has 1 rings (SSSR count). The molecule has 1 heterocycles. The zero-order valence-corrected chi connectivity index (χ0v) is 12.3. The molecule has 98 valence electrons. The van der Waals surface area contributed by atoms with E-state index in [4.69, 9.17) is 10.2 Å². The lowest BCUT2D eigenvalue weighted by atomic mass is 10.0. The molecule has 0 bridgehead atoms. The van der Waals surface area contributed by atoms with Gasteiger partial charge in [0, 0.05) is 11.6 Å². The lowest BCUT2D eigenvalue weighted by Gasteiger charge is -2.09. The van der Waals surface area contributed by atoms with Crippen LogP contribution in [0.1, 0.15) is 69.9 Å². The molecule has 17 heavy (non-hydrogen) atoms. The van der Waals surface area contributed by atoms with E-state index in [2.05, 4.69) is 22.9 Å². The van der Waals surface area contributed by atoms with Crippen LogP contribution in [0.15, 0.2) is 21.4 Å². The summed E-state index contributed by atoms with van der Waals surface area (Å²) >= 11 is 3.37. The molecule has 0 amide bonds. The van der Waals surface area contributed by atoms with E-state index in [9.17, 15) is 0 Å². The highest BCUT2D eigenvalue weighted by atomic mass is 79.9. The van der Waals surface area contributed by atoms with Crippen molar-refractivity contribution < 1.29 is 4.42 Å². The van der Waals surface area contributed by atoms with Gasteiger partial charge in [0.1, 0.15) is 0 Å². The van der Waals surface area contributed by atoms with Crippen molar-refractivity contribution in [2.45, 2.75) is 64.3 Å². The first-order valence-electron chi connectivity index (χ1n) is 6.74. The smallest absolute Gasteiger partial charge is 0.173 e. The summed E-state index contributed by atoms with van der Waals surface area (Å²) in [5.41, 5.74) is 7.21. The van der Waals surface area contributed by atoms with Gasteiger partial charge in [0.25, 0.3) is 0 Å². The molecule has 1 atom stereocenters. The van der Waals surface area contributed by atoms with Crippen molar-refractivity contribution in [3.05, 3.63) is 22.6 Å². The van der Waals surface area contributed by atoms with E-state index in [0.717, 1.165) is 16.7 Å². The number of furan rings is 1. The largest absolute Gasteiger partial charge is 0.457 e. The van der Waals surface area contributed by atoms with Gasteiger partial charge in [-0.05, 0) is 28.4 Å². The molecule has 0 saturated heterocycles. The lowest BCUT2D eigenvalue weighted by Crippen LogP contribution is -2.09. The Morgan fingerprint density at radius 3 is 2.41 bits per heavy atom. The number of hydrogen-bond donors (Lipinski definition) is 1. The summed E-state index contributed by atoms with van der Waals surface area (Å²) in [4.78, 5) is 0. The molecule has 0 fully saturated rings. The first-order valence-corrected chi connectivity index (χ1v) is 7.53. The Hall–Kier alpha value is -0.280. The Morgan fingerprint density at radius 2 is 1.82 bits per heavy atom. The maximum absolute atomic E-state index is 6.11. The van der Waals surface area contributed by atoms with E-state index in [1.165, 1.54) is 44.9 Å². The lowest BCUT2D eigenvalue weighted by molar-refractivity contribution is 0.514. The van der Waals surface area contributed by atoms with Gasteiger partial charge >= 0.3 is 0 Å². The fourth-order valence-electron chi connectivity index (χ4n) is 2.05. The molecule has 2 N–H and O–H groups in total. The fourth-order valence-corrected chi connectivity index (χ4v) is 2.58. The van der Waals surface area contributed by atoms with Gasteiger partial charge in [0.05, 0.1) is 6.26 Å². The molecular weight excluding hydrogens is 278 g/mol. The van der Waals surface area contributed by atoms with Crippen LogP contribution in [0.5, 0.6) is 0 Å². The maximum atomic E-state index is 6.11. The van der Waals surface area contributed by atoms with Gasteiger partial charge in [-0.2, -0.15) is 0 Å². The van der Waals surface area contributed by atoms with Crippen molar-refractivity contribution in [2.24, 2.45) is 5.73 Å². The zero-order valence-electron chi connectivity index (χ0n) is 10.8. The van der Waals surface area contributed by atoms with E-state index in [1.54, 1.807) is 6.26 Å². The molecule has 1 aromatic rings. The SMILES string of the molecule is CCCCCCCCCC(N)c1ccoc1Br. The van der Waals surface area contributed by atoms with Crippen molar-refractivity contribution in [2.75, 3.05) is 0 Å². The number of unbranched alkanes of at least 4 members (excludes halogenated alkanes) is 6. The van der Waals surface area contributed by atoms with Gasteiger partial charge < -0.3 is 10.2 Å². The van der Waals surface area contributed by atoms with E-state index in [1.807, 2.05) is 6.07 Å². The van der Waals surface area contributed by atoms with E-state index >= 15 is 0 Å². The summed E-state index contributed by atoms with van der Waals surface area (Å²) < 4.78 is 5.98. The molecule has 0 aliphatic carbocycles. The maximum Gasteiger partial charge on any atom is 0.173 e. The third-order valence-electron chi connectivity index (χ3n) is 3.16. The second kappa shape index (κ2) is 8.76. The van der Waals surface area contributed by atoms with Crippen molar-refractivity contribution in [3.8, 4) is 0 Å². The number of rotatable bonds is 9. The van der Waals surface area contributed by atoms with E-state index in [0.29, 0.717) is 0 Å². The van der Waals surface area contributed by atoms with Crippen LogP contribution >= 0.6 is 15.9 Å². The van der Waals surface area contributed by atoms with Crippen LogP contribution in [0, 0.1) is 0 Å². The van der Waals surface area contributed by atoms with Crippen molar-refractivity contribution in [3.63, 3.8) is 0 Å². The number of hydrogen-bond acceptors (Lipinski definition) is 2. The Labute approximate surface area is 113 Å². The van der Waals surface area contributed by atoms with Gasteiger partial charge in [-0.3, -0.25) is 0 Å². The Bertz CT molecular complexity index is 298. The third kappa shape index (κ3) is 5.73. The zero-order chi connectivity index (χ0) is 12.5. The highest BCUT2D eigenvalue weighted by Crippen LogP contribution is 2.26. The molecule has 0 aromatic carbocycles. The molecule has 1 unspecified atom stereocenters. The fraction of sp³-hybridized carbons (Fsp3) is 0.714. The molecule has 3 heteroatoms. The molecule has 0 aliphatic rings. The standard InChI is InChI=1S/C14H24BrNO/c1-2-3-4-5-6-7-8-9-13(16)12-10-11-17-14(12)15/h10-11,13H,2-9,16H2,1H3. The molecule has 2 nitrogen and oxygen atoms in total. The monoisotopic (exact) mass is 301 g/mol. The predicted molar refractivity (Wildman–Crippen MR) is 75.9 cm³/mol. The second-order valence-electron chi connectivity index (χ2n) is 4.67. The van der Waals surface area contributed by atoms with Gasteiger partial charge in [-0.1, -0.05) is 51.9 Å². The molecule has 0 spiro atoms. The van der Waals surface area contributed by atoms with Gasteiger partial charge in [0.15, 0.2) is 4.67 Å². The van der Waals surface area contributed by atoms with Crippen molar-refractivity contribution >= 4 is 15.9 Å². The summed E-state index contributed by atoms with van der Waals surface area (Å²) in [5, 5.41) is 0. The minimum atomic E-state index is 0.110. The first-order chi connectivity index (χ1) is 8.25. The van der Waals surface area contributed by atoms with Crippen molar-refractivity contribution in [1.29, 1.82) is 0 Å². The van der Waals surface area contributed by atoms with Crippen LogP contribution in [0.3, 0.4) is 0 Å². The highest BCUT2D eigenvalue weighted by molar-refractivity contribution is 9.10. The Morgan fingerprint density at radius 1 is 1.18 bits per heavy atom. The summed E-state index contributed by atoms with van der Waals surface area (Å²) in [5.74, 6) is 0. The average molecular weight is 302 g/mol. The molecule has 0 saturated carbocycles. The van der Waals surface area contributed by atoms with Crippen LogP contribution < -0.4 is 5.73 Å². The van der Waals surface area contributed by atoms with Gasteiger partial charge in [-0.25, -0.2) is 0 Å². The summed E-state index contributed by atoms with van der Waals surface area (Å²) in [7, 11) is 0. The predicted octanol–water partition coefficient (Wildman–Crippen LogP) is 5.18. The topological polar surface area (TPSA) is 39.2 Å². The molecule has 0 radical (unpaired) electrons. The Balaban J connectivity index is 2.05. The first kappa shape index (κ1) is 14.8. The van der Waals surface area contributed by atoms with Crippen LogP contribution in [-0.2, 0) is 0 Å².